The van der Waals surface area contributed by atoms with E-state index in [1.165, 1.54) is 42.5 Å². The lowest BCUT2D eigenvalue weighted by molar-refractivity contribution is 0.0773. The van der Waals surface area contributed by atoms with Gasteiger partial charge >= 0.3 is 0 Å². The zero-order chi connectivity index (χ0) is 24.0. The number of carbonyl (C=O) groups excluding carboxylic acids is 2. The molecule has 0 aromatic heterocycles. The quantitative estimate of drug-likeness (QED) is 0.475. The van der Waals surface area contributed by atoms with Crippen LogP contribution in [0.25, 0.3) is 0 Å². The SMILES string of the molecule is CCN(CC)C(=O)c1ccc(NC(=O)c2ccc(NS(=O)(=O)c3ccccc3)cc2)cc1Cl. The highest BCUT2D eigenvalue weighted by Gasteiger charge is 2.17. The van der Waals surface area contributed by atoms with Gasteiger partial charge in [-0.1, -0.05) is 29.8 Å². The number of hydrogen-bond donors (Lipinski definition) is 2. The predicted molar refractivity (Wildman–Crippen MR) is 130 cm³/mol. The first-order valence-corrected chi connectivity index (χ1v) is 12.2. The van der Waals surface area contributed by atoms with Crippen molar-refractivity contribution in [1.82, 2.24) is 4.90 Å². The molecular formula is C24H24ClN3O4S. The molecule has 0 radical (unpaired) electrons. The molecule has 0 saturated heterocycles. The highest BCUT2D eigenvalue weighted by atomic mass is 35.5. The average molecular weight is 486 g/mol. The van der Waals surface area contributed by atoms with E-state index in [-0.39, 0.29) is 15.8 Å². The number of nitrogens with one attached hydrogen (secondary N) is 2. The lowest BCUT2D eigenvalue weighted by atomic mass is 10.1. The number of rotatable bonds is 8. The fourth-order valence-corrected chi connectivity index (χ4v) is 4.50. The molecule has 0 unspecified atom stereocenters. The zero-order valence-corrected chi connectivity index (χ0v) is 19.8. The van der Waals surface area contributed by atoms with Crippen molar-refractivity contribution in [2.45, 2.75) is 18.7 Å². The summed E-state index contributed by atoms with van der Waals surface area (Å²) in [6, 6.07) is 18.8. The van der Waals surface area contributed by atoms with E-state index in [0.717, 1.165) is 0 Å². The number of sulfonamides is 1. The number of hydrogen-bond acceptors (Lipinski definition) is 4. The van der Waals surface area contributed by atoms with Crippen LogP contribution < -0.4 is 10.0 Å². The molecule has 9 heteroatoms. The molecule has 3 aromatic rings. The third-order valence-corrected chi connectivity index (χ3v) is 6.67. The third kappa shape index (κ3) is 5.91. The predicted octanol–water partition coefficient (Wildman–Crippen LogP) is 4.88. The number of nitrogens with zero attached hydrogens (tertiary/aromatic N) is 1. The van der Waals surface area contributed by atoms with E-state index in [0.29, 0.717) is 35.6 Å². The van der Waals surface area contributed by atoms with Crippen molar-refractivity contribution < 1.29 is 18.0 Å². The second-order valence-electron chi connectivity index (χ2n) is 7.12. The molecule has 0 fully saturated rings. The molecule has 172 valence electrons. The molecule has 3 aromatic carbocycles. The molecule has 0 spiro atoms. The summed E-state index contributed by atoms with van der Waals surface area (Å²) >= 11 is 6.28. The zero-order valence-electron chi connectivity index (χ0n) is 18.2. The smallest absolute Gasteiger partial charge is 0.261 e. The van der Waals surface area contributed by atoms with Crippen LogP contribution in [0.3, 0.4) is 0 Å². The Kier molecular flexibility index (Phi) is 7.73. The van der Waals surface area contributed by atoms with Crippen molar-refractivity contribution in [1.29, 1.82) is 0 Å². The Morgan fingerprint density at radius 1 is 0.879 bits per heavy atom. The Morgan fingerprint density at radius 2 is 1.48 bits per heavy atom. The van der Waals surface area contributed by atoms with E-state index in [9.17, 15) is 18.0 Å². The van der Waals surface area contributed by atoms with Crippen molar-refractivity contribution in [3.63, 3.8) is 0 Å². The van der Waals surface area contributed by atoms with E-state index >= 15 is 0 Å². The highest BCUT2D eigenvalue weighted by Crippen LogP contribution is 2.23. The maximum Gasteiger partial charge on any atom is 0.261 e. The van der Waals surface area contributed by atoms with Crippen molar-refractivity contribution in [2.75, 3.05) is 23.1 Å². The molecular weight excluding hydrogens is 462 g/mol. The molecule has 0 aliphatic carbocycles. The average Bonchev–Trinajstić information content (AvgIpc) is 2.80. The summed E-state index contributed by atoms with van der Waals surface area (Å²) < 4.78 is 27.3. The largest absolute Gasteiger partial charge is 0.339 e. The van der Waals surface area contributed by atoms with Crippen LogP contribution in [-0.4, -0.2) is 38.2 Å². The summed E-state index contributed by atoms with van der Waals surface area (Å²) in [5, 5.41) is 2.97. The Labute approximate surface area is 198 Å². The fourth-order valence-electron chi connectivity index (χ4n) is 3.15. The Balaban J connectivity index is 1.69. The maximum atomic E-state index is 12.6. The summed E-state index contributed by atoms with van der Waals surface area (Å²) in [6.45, 7) is 4.92. The number of halogens is 1. The van der Waals surface area contributed by atoms with Gasteiger partial charge in [-0.2, -0.15) is 0 Å². The van der Waals surface area contributed by atoms with Gasteiger partial charge in [0.15, 0.2) is 0 Å². The standard InChI is InChI=1S/C24H24ClN3O4S/c1-3-28(4-2)24(30)21-15-14-19(16-22(21)25)26-23(29)17-10-12-18(13-11-17)27-33(31,32)20-8-6-5-7-9-20/h5-16,27H,3-4H2,1-2H3,(H,26,29). The van der Waals surface area contributed by atoms with Gasteiger partial charge in [0.05, 0.1) is 15.5 Å². The molecule has 0 atom stereocenters. The molecule has 3 rings (SSSR count). The summed E-state index contributed by atoms with van der Waals surface area (Å²) in [5.74, 6) is -0.567. The second-order valence-corrected chi connectivity index (χ2v) is 9.21. The molecule has 0 saturated carbocycles. The summed E-state index contributed by atoms with van der Waals surface area (Å²) in [5.41, 5.74) is 1.47. The van der Waals surface area contributed by atoms with Crippen LogP contribution >= 0.6 is 11.6 Å². The second kappa shape index (κ2) is 10.5. The maximum absolute atomic E-state index is 12.6. The number of amides is 2. The van der Waals surface area contributed by atoms with Gasteiger partial charge in [-0.15, -0.1) is 0 Å². The minimum absolute atomic E-state index is 0.145. The molecule has 2 N–H and O–H groups in total. The summed E-state index contributed by atoms with van der Waals surface area (Å²) in [7, 11) is -3.72. The Bertz CT molecular complexity index is 1240. The monoisotopic (exact) mass is 485 g/mol. The number of benzene rings is 3. The van der Waals surface area contributed by atoms with Gasteiger partial charge in [0, 0.05) is 30.0 Å². The van der Waals surface area contributed by atoms with Crippen LogP contribution in [0.5, 0.6) is 0 Å². The summed E-state index contributed by atoms with van der Waals surface area (Å²) in [6.07, 6.45) is 0. The molecule has 0 bridgehead atoms. The van der Waals surface area contributed by atoms with Crippen molar-refractivity contribution in [2.24, 2.45) is 0 Å². The van der Waals surface area contributed by atoms with Gasteiger partial charge in [0.25, 0.3) is 21.8 Å². The van der Waals surface area contributed by atoms with Crippen LogP contribution in [0.15, 0.2) is 77.7 Å². The molecule has 0 heterocycles. The lowest BCUT2D eigenvalue weighted by Crippen LogP contribution is -2.30. The van der Waals surface area contributed by atoms with E-state index in [1.54, 1.807) is 35.2 Å². The Morgan fingerprint density at radius 3 is 2.06 bits per heavy atom. The first-order valence-electron chi connectivity index (χ1n) is 10.3. The lowest BCUT2D eigenvalue weighted by Gasteiger charge is -2.19. The molecule has 0 aliphatic heterocycles. The normalized spacial score (nSPS) is 11.0. The molecule has 7 nitrogen and oxygen atoms in total. The van der Waals surface area contributed by atoms with E-state index in [2.05, 4.69) is 10.0 Å². The Hall–Kier alpha value is -3.36. The van der Waals surface area contributed by atoms with Crippen LogP contribution in [0, 0.1) is 0 Å². The van der Waals surface area contributed by atoms with Crippen molar-refractivity contribution in [3.8, 4) is 0 Å². The van der Waals surface area contributed by atoms with Gasteiger partial charge in [-0.3, -0.25) is 14.3 Å². The number of anilines is 2. The van der Waals surface area contributed by atoms with Gasteiger partial charge < -0.3 is 10.2 Å². The highest BCUT2D eigenvalue weighted by molar-refractivity contribution is 7.92. The summed E-state index contributed by atoms with van der Waals surface area (Å²) in [4.78, 5) is 26.9. The van der Waals surface area contributed by atoms with Gasteiger partial charge in [0.1, 0.15) is 0 Å². The fraction of sp³-hybridized carbons (Fsp3) is 0.167. The van der Waals surface area contributed by atoms with E-state index < -0.39 is 15.9 Å². The first-order chi connectivity index (χ1) is 15.7. The molecule has 33 heavy (non-hydrogen) atoms. The van der Waals surface area contributed by atoms with Crippen molar-refractivity contribution in [3.05, 3.63) is 88.9 Å². The topological polar surface area (TPSA) is 95.6 Å². The molecule has 0 aliphatic rings. The minimum Gasteiger partial charge on any atom is -0.339 e. The van der Waals surface area contributed by atoms with Crippen LogP contribution in [-0.2, 0) is 10.0 Å². The van der Waals surface area contributed by atoms with Crippen molar-refractivity contribution >= 4 is 44.8 Å². The number of carbonyl (C=O) groups is 2. The molecule has 2 amide bonds. The van der Waals surface area contributed by atoms with Gasteiger partial charge in [-0.05, 0) is 68.4 Å². The van der Waals surface area contributed by atoms with Crippen LogP contribution in [0.4, 0.5) is 11.4 Å². The van der Waals surface area contributed by atoms with Crippen LogP contribution in [0.1, 0.15) is 34.6 Å². The van der Waals surface area contributed by atoms with E-state index in [4.69, 9.17) is 11.6 Å². The van der Waals surface area contributed by atoms with Crippen LogP contribution in [0.2, 0.25) is 5.02 Å². The van der Waals surface area contributed by atoms with E-state index in [1.807, 2.05) is 13.8 Å². The van der Waals surface area contributed by atoms with Gasteiger partial charge in [-0.25, -0.2) is 8.42 Å². The minimum atomic E-state index is -3.72. The third-order valence-electron chi connectivity index (χ3n) is 4.96. The van der Waals surface area contributed by atoms with Gasteiger partial charge in [0.2, 0.25) is 0 Å². The first kappa shape index (κ1) is 24.3.